The molecule has 27 heavy (non-hydrogen) atoms. The van der Waals surface area contributed by atoms with Gasteiger partial charge in [0, 0.05) is 24.3 Å². The summed E-state index contributed by atoms with van der Waals surface area (Å²) in [6, 6.07) is 12.6. The molecular weight excluding hydrogens is 364 g/mol. The highest BCUT2D eigenvalue weighted by Gasteiger charge is 2.24. The van der Waals surface area contributed by atoms with Gasteiger partial charge in [0.2, 0.25) is 10.0 Å². The zero-order valence-corrected chi connectivity index (χ0v) is 16.4. The molecule has 0 aromatic heterocycles. The van der Waals surface area contributed by atoms with Crippen LogP contribution < -0.4 is 5.32 Å². The summed E-state index contributed by atoms with van der Waals surface area (Å²) >= 11 is 0. The molecule has 2 aromatic rings. The minimum Gasteiger partial charge on any atom is -0.379 e. The van der Waals surface area contributed by atoms with Crippen LogP contribution in [0.1, 0.15) is 27.0 Å². The summed E-state index contributed by atoms with van der Waals surface area (Å²) in [6.07, 6.45) is 0. The highest BCUT2D eigenvalue weighted by Crippen LogP contribution is 2.18. The van der Waals surface area contributed by atoms with Crippen LogP contribution in [-0.2, 0) is 20.5 Å². The van der Waals surface area contributed by atoms with Crippen molar-refractivity contribution < 1.29 is 17.9 Å². The van der Waals surface area contributed by atoms with Gasteiger partial charge in [-0.05, 0) is 48.7 Å². The molecule has 1 fully saturated rings. The monoisotopic (exact) mass is 388 g/mol. The van der Waals surface area contributed by atoms with Gasteiger partial charge in [0.05, 0.1) is 19.0 Å². The largest absolute Gasteiger partial charge is 0.379 e. The highest BCUT2D eigenvalue weighted by atomic mass is 32.2. The molecule has 0 radical (unpaired) electrons. The zero-order chi connectivity index (χ0) is 19.4. The number of nitrogens with one attached hydrogen (secondary N) is 1. The standard InChI is InChI=1S/C20H24N2O4S/c1-15-3-4-16(2)19(13-15)21-20(23)18-7-5-17(6-8-18)14-27(24,25)22-9-11-26-12-10-22/h3-8,13H,9-12,14H2,1-2H3,(H,21,23). The number of benzene rings is 2. The van der Waals surface area contributed by atoms with E-state index in [1.807, 2.05) is 32.0 Å². The Morgan fingerprint density at radius 3 is 2.41 bits per heavy atom. The first-order valence-corrected chi connectivity index (χ1v) is 10.5. The smallest absolute Gasteiger partial charge is 0.255 e. The maximum atomic E-state index is 12.5. The van der Waals surface area contributed by atoms with Crippen LogP contribution >= 0.6 is 0 Å². The average Bonchev–Trinajstić information content (AvgIpc) is 2.66. The maximum absolute atomic E-state index is 12.5. The molecule has 0 unspecified atom stereocenters. The number of morpholine rings is 1. The molecule has 0 atom stereocenters. The number of sulfonamides is 1. The number of rotatable bonds is 5. The van der Waals surface area contributed by atoms with Crippen molar-refractivity contribution in [2.24, 2.45) is 0 Å². The third kappa shape index (κ3) is 4.94. The molecule has 2 aromatic carbocycles. The van der Waals surface area contributed by atoms with E-state index in [2.05, 4.69) is 5.32 Å². The Labute approximate surface area is 160 Å². The molecule has 1 saturated heterocycles. The Kier molecular flexibility index (Phi) is 5.94. The van der Waals surface area contributed by atoms with Crippen LogP contribution in [0.25, 0.3) is 0 Å². The Bertz CT molecular complexity index is 917. The Balaban J connectivity index is 1.67. The molecule has 3 rings (SSSR count). The summed E-state index contributed by atoms with van der Waals surface area (Å²) in [7, 11) is -3.38. The summed E-state index contributed by atoms with van der Waals surface area (Å²) in [5, 5.41) is 2.91. The summed E-state index contributed by atoms with van der Waals surface area (Å²) in [5.74, 6) is -0.294. The summed E-state index contributed by atoms with van der Waals surface area (Å²) in [5.41, 5.74) is 3.98. The number of anilines is 1. The number of hydrogen-bond donors (Lipinski definition) is 1. The van der Waals surface area contributed by atoms with Gasteiger partial charge in [0.15, 0.2) is 0 Å². The molecular formula is C20H24N2O4S. The molecule has 7 heteroatoms. The van der Waals surface area contributed by atoms with Crippen LogP contribution in [0.5, 0.6) is 0 Å². The lowest BCUT2D eigenvalue weighted by Crippen LogP contribution is -2.41. The van der Waals surface area contributed by atoms with E-state index >= 15 is 0 Å². The molecule has 144 valence electrons. The maximum Gasteiger partial charge on any atom is 0.255 e. The van der Waals surface area contributed by atoms with Crippen molar-refractivity contribution in [1.29, 1.82) is 0 Å². The highest BCUT2D eigenvalue weighted by molar-refractivity contribution is 7.88. The Hall–Kier alpha value is -2.22. The van der Waals surface area contributed by atoms with Crippen molar-refractivity contribution in [3.05, 3.63) is 64.7 Å². The summed E-state index contributed by atoms with van der Waals surface area (Å²) in [6.45, 7) is 5.54. The van der Waals surface area contributed by atoms with Crippen LogP contribution in [0.2, 0.25) is 0 Å². The number of hydrogen-bond acceptors (Lipinski definition) is 4. The van der Waals surface area contributed by atoms with Crippen LogP contribution in [0.15, 0.2) is 42.5 Å². The van der Waals surface area contributed by atoms with Crippen molar-refractivity contribution in [2.75, 3.05) is 31.6 Å². The van der Waals surface area contributed by atoms with Crippen LogP contribution in [0, 0.1) is 13.8 Å². The lowest BCUT2D eigenvalue weighted by molar-refractivity contribution is 0.0729. The van der Waals surface area contributed by atoms with E-state index in [1.54, 1.807) is 24.3 Å². The fourth-order valence-corrected chi connectivity index (χ4v) is 4.45. The molecule has 0 aliphatic carbocycles. The van der Waals surface area contributed by atoms with Crippen LogP contribution in [-0.4, -0.2) is 44.9 Å². The van der Waals surface area contributed by atoms with E-state index in [-0.39, 0.29) is 11.7 Å². The van der Waals surface area contributed by atoms with Gasteiger partial charge in [-0.2, -0.15) is 4.31 Å². The van der Waals surface area contributed by atoms with Gasteiger partial charge in [-0.15, -0.1) is 0 Å². The second-order valence-corrected chi connectivity index (χ2v) is 8.71. The lowest BCUT2D eigenvalue weighted by atomic mass is 10.1. The number of carbonyl (C=O) groups excluding carboxylic acids is 1. The third-order valence-corrected chi connectivity index (χ3v) is 6.42. The number of carbonyl (C=O) groups is 1. The predicted octanol–water partition coefficient (Wildman–Crippen LogP) is 2.72. The van der Waals surface area contributed by atoms with Gasteiger partial charge in [0.1, 0.15) is 0 Å². The molecule has 0 bridgehead atoms. The van der Waals surface area contributed by atoms with Crippen LogP contribution in [0.3, 0.4) is 0 Å². The first-order chi connectivity index (χ1) is 12.8. The van der Waals surface area contributed by atoms with Gasteiger partial charge < -0.3 is 10.1 Å². The molecule has 1 aliphatic heterocycles. The number of aryl methyl sites for hydroxylation is 2. The van der Waals surface area contributed by atoms with Gasteiger partial charge in [-0.25, -0.2) is 8.42 Å². The van der Waals surface area contributed by atoms with Gasteiger partial charge in [-0.3, -0.25) is 4.79 Å². The van der Waals surface area contributed by atoms with Gasteiger partial charge in [0.25, 0.3) is 5.91 Å². The van der Waals surface area contributed by atoms with E-state index in [9.17, 15) is 13.2 Å². The van der Waals surface area contributed by atoms with E-state index in [0.717, 1.165) is 16.8 Å². The average molecular weight is 388 g/mol. The van der Waals surface area contributed by atoms with Crippen molar-refractivity contribution in [3.63, 3.8) is 0 Å². The number of amides is 1. The fraction of sp³-hybridized carbons (Fsp3) is 0.350. The molecule has 0 spiro atoms. The van der Waals surface area contributed by atoms with E-state index in [1.165, 1.54) is 4.31 Å². The summed E-state index contributed by atoms with van der Waals surface area (Å²) in [4.78, 5) is 12.5. The molecule has 0 saturated carbocycles. The second kappa shape index (κ2) is 8.21. The minimum atomic E-state index is -3.38. The molecule has 1 amide bonds. The van der Waals surface area contributed by atoms with Gasteiger partial charge >= 0.3 is 0 Å². The molecule has 1 aliphatic rings. The van der Waals surface area contributed by atoms with E-state index < -0.39 is 10.0 Å². The van der Waals surface area contributed by atoms with E-state index in [0.29, 0.717) is 37.4 Å². The first-order valence-electron chi connectivity index (χ1n) is 8.88. The third-order valence-electron chi connectivity index (χ3n) is 4.57. The SMILES string of the molecule is Cc1ccc(C)c(NC(=O)c2ccc(CS(=O)(=O)N3CCOCC3)cc2)c1. The van der Waals surface area contributed by atoms with Crippen molar-refractivity contribution in [3.8, 4) is 0 Å². The first kappa shape index (κ1) is 19.5. The normalized spacial score (nSPS) is 15.5. The van der Waals surface area contributed by atoms with Crippen LogP contribution in [0.4, 0.5) is 5.69 Å². The van der Waals surface area contributed by atoms with E-state index in [4.69, 9.17) is 4.74 Å². The molecule has 1 heterocycles. The summed E-state index contributed by atoms with van der Waals surface area (Å²) < 4.78 is 31.6. The van der Waals surface area contributed by atoms with Crippen molar-refractivity contribution >= 4 is 21.6 Å². The molecule has 6 nitrogen and oxygen atoms in total. The van der Waals surface area contributed by atoms with Gasteiger partial charge in [-0.1, -0.05) is 24.3 Å². The second-order valence-electron chi connectivity index (χ2n) is 6.74. The predicted molar refractivity (Wildman–Crippen MR) is 105 cm³/mol. The topological polar surface area (TPSA) is 75.7 Å². The van der Waals surface area contributed by atoms with Crippen molar-refractivity contribution in [1.82, 2.24) is 4.31 Å². The number of ether oxygens (including phenoxy) is 1. The zero-order valence-electron chi connectivity index (χ0n) is 15.6. The minimum absolute atomic E-state index is 0.0775. The molecule has 1 N–H and O–H groups in total. The van der Waals surface area contributed by atoms with Crippen molar-refractivity contribution in [2.45, 2.75) is 19.6 Å². The Morgan fingerprint density at radius 2 is 1.74 bits per heavy atom. The lowest BCUT2D eigenvalue weighted by Gasteiger charge is -2.26. The Morgan fingerprint density at radius 1 is 1.07 bits per heavy atom. The fourth-order valence-electron chi connectivity index (χ4n) is 2.94. The quantitative estimate of drug-likeness (QED) is 0.855. The number of nitrogens with zero attached hydrogens (tertiary/aromatic N) is 1.